The van der Waals surface area contributed by atoms with Gasteiger partial charge in [0.05, 0.1) is 11.4 Å². The van der Waals surface area contributed by atoms with E-state index in [4.69, 9.17) is 4.99 Å². The van der Waals surface area contributed by atoms with Gasteiger partial charge >= 0.3 is 0 Å². The zero-order chi connectivity index (χ0) is 12.4. The van der Waals surface area contributed by atoms with Crippen LogP contribution in [0.1, 0.15) is 16.7 Å². The molecule has 0 N–H and O–H groups in total. The van der Waals surface area contributed by atoms with E-state index in [2.05, 4.69) is 55.4 Å². The summed E-state index contributed by atoms with van der Waals surface area (Å²) in [5.41, 5.74) is 6.33. The fraction of sp³-hybridized carbons (Fsp3) is 0.188. The predicted octanol–water partition coefficient (Wildman–Crippen LogP) is 3.35. The summed E-state index contributed by atoms with van der Waals surface area (Å²) >= 11 is 0. The fourth-order valence-electron chi connectivity index (χ4n) is 2.45. The lowest BCUT2D eigenvalue weighted by atomic mass is 9.75. The topological polar surface area (TPSA) is 12.4 Å². The van der Waals surface area contributed by atoms with Gasteiger partial charge in [0.2, 0.25) is 0 Å². The maximum absolute atomic E-state index is 4.71. The molecule has 2 aromatic rings. The summed E-state index contributed by atoms with van der Waals surface area (Å²) in [4.78, 5) is 4.71. The zero-order valence-corrected chi connectivity index (χ0v) is 10.7. The molecule has 2 heteroatoms. The van der Waals surface area contributed by atoms with Crippen LogP contribution in [0.2, 0.25) is 6.82 Å². The van der Waals surface area contributed by atoms with E-state index < -0.39 is 0 Å². The number of hydrogen-bond donors (Lipinski definition) is 0. The van der Waals surface area contributed by atoms with E-state index in [1.807, 2.05) is 0 Å². The van der Waals surface area contributed by atoms with Crippen LogP contribution in [0.4, 0.5) is 5.69 Å². The van der Waals surface area contributed by atoms with E-state index >= 15 is 0 Å². The van der Waals surface area contributed by atoms with Crippen molar-refractivity contribution >= 4 is 18.7 Å². The fourth-order valence-corrected chi connectivity index (χ4v) is 2.45. The van der Waals surface area contributed by atoms with E-state index in [0.717, 1.165) is 18.4 Å². The van der Waals surface area contributed by atoms with Gasteiger partial charge in [0.1, 0.15) is 7.28 Å². The predicted molar refractivity (Wildman–Crippen MR) is 79.5 cm³/mol. The lowest BCUT2D eigenvalue weighted by Crippen LogP contribution is -2.01. The third-order valence-electron chi connectivity index (χ3n) is 3.43. The Balaban J connectivity index is 1.85. The Morgan fingerprint density at radius 3 is 2.56 bits per heavy atom. The molecule has 3 rings (SSSR count). The second-order valence-electron chi connectivity index (χ2n) is 4.81. The first-order valence-electron chi connectivity index (χ1n) is 6.61. The van der Waals surface area contributed by atoms with E-state index in [9.17, 15) is 0 Å². The van der Waals surface area contributed by atoms with Gasteiger partial charge in [-0.15, -0.1) is 0 Å². The van der Waals surface area contributed by atoms with E-state index in [1.54, 1.807) is 0 Å². The van der Waals surface area contributed by atoms with Crippen molar-refractivity contribution in [1.29, 1.82) is 0 Å². The minimum Gasteiger partial charge on any atom is -0.252 e. The molecule has 1 aliphatic heterocycles. The summed E-state index contributed by atoms with van der Waals surface area (Å²) < 4.78 is 0. The number of aliphatic imine (C=N–C) groups is 1. The van der Waals surface area contributed by atoms with E-state index in [-0.39, 0.29) is 0 Å². The van der Waals surface area contributed by atoms with Gasteiger partial charge in [0, 0.05) is 6.42 Å². The third kappa shape index (κ3) is 2.11. The van der Waals surface area contributed by atoms with Gasteiger partial charge in [-0.25, -0.2) is 0 Å². The number of nitrogens with zero attached hydrogens (tertiary/aromatic N) is 1. The Hall–Kier alpha value is -1.83. The molecule has 18 heavy (non-hydrogen) atoms. The van der Waals surface area contributed by atoms with Crippen molar-refractivity contribution < 1.29 is 0 Å². The van der Waals surface area contributed by atoms with Crippen molar-refractivity contribution in [3.63, 3.8) is 0 Å². The average Bonchev–Trinajstić information content (AvgIpc) is 2.84. The highest BCUT2D eigenvalue weighted by Crippen LogP contribution is 2.28. The molecule has 0 fully saturated rings. The maximum atomic E-state index is 4.71. The van der Waals surface area contributed by atoms with Crippen LogP contribution >= 0.6 is 0 Å². The number of benzene rings is 2. The summed E-state index contributed by atoms with van der Waals surface area (Å²) in [6, 6.07) is 17.3. The summed E-state index contributed by atoms with van der Waals surface area (Å²) in [5, 5.41) is 0. The molecule has 0 amide bonds. The summed E-state index contributed by atoms with van der Waals surface area (Å²) in [6.07, 6.45) is 2.12. The van der Waals surface area contributed by atoms with Crippen LogP contribution in [0.3, 0.4) is 0 Å². The Bertz CT molecular complexity index is 584. The molecule has 0 atom stereocenters. The van der Waals surface area contributed by atoms with Gasteiger partial charge in [-0.05, 0) is 17.2 Å². The number of hydrogen-bond acceptors (Lipinski definition) is 1. The molecule has 1 heterocycles. The second kappa shape index (κ2) is 4.81. The summed E-state index contributed by atoms with van der Waals surface area (Å²) in [5.74, 6) is 0. The molecule has 1 aliphatic rings. The van der Waals surface area contributed by atoms with Crippen LogP contribution in [-0.2, 0) is 12.7 Å². The summed E-state index contributed by atoms with van der Waals surface area (Å²) in [6.45, 7) is 2.21. The van der Waals surface area contributed by atoms with Crippen molar-refractivity contribution in [2.45, 2.75) is 19.6 Å². The SMILES string of the molecule is CBCc1ccc(C2=Nc3ccccc3C2)cc1. The van der Waals surface area contributed by atoms with Gasteiger partial charge in [-0.3, -0.25) is 4.99 Å². The third-order valence-corrected chi connectivity index (χ3v) is 3.43. The van der Waals surface area contributed by atoms with E-state index in [1.165, 1.54) is 29.7 Å². The molecule has 88 valence electrons. The molecule has 0 radical (unpaired) electrons. The standard InChI is InChI=1S/C16H16BN/c1-17-11-12-6-8-13(9-7-12)16-10-14-4-2-3-5-15(14)18-16/h2-9,17H,10-11H2,1H3. The molecular formula is C16H16BN. The van der Waals surface area contributed by atoms with Crippen LogP contribution < -0.4 is 0 Å². The molecule has 1 nitrogen and oxygen atoms in total. The molecule has 0 aromatic heterocycles. The first-order chi connectivity index (χ1) is 8.86. The van der Waals surface area contributed by atoms with Gasteiger partial charge in [0.15, 0.2) is 0 Å². The molecule has 0 spiro atoms. The van der Waals surface area contributed by atoms with Crippen LogP contribution in [0.5, 0.6) is 0 Å². The minimum atomic E-state index is 0.962. The smallest absolute Gasteiger partial charge is 0.122 e. The highest BCUT2D eigenvalue weighted by atomic mass is 14.8. The molecule has 0 unspecified atom stereocenters. The Morgan fingerprint density at radius 2 is 1.83 bits per heavy atom. The largest absolute Gasteiger partial charge is 0.252 e. The van der Waals surface area contributed by atoms with Crippen LogP contribution in [-0.4, -0.2) is 13.0 Å². The van der Waals surface area contributed by atoms with Crippen LogP contribution in [0, 0.1) is 0 Å². The van der Waals surface area contributed by atoms with Gasteiger partial charge in [-0.1, -0.05) is 61.2 Å². The maximum Gasteiger partial charge on any atom is 0.122 e. The van der Waals surface area contributed by atoms with E-state index in [0.29, 0.717) is 0 Å². The molecule has 0 aliphatic carbocycles. The lowest BCUT2D eigenvalue weighted by Gasteiger charge is -2.02. The van der Waals surface area contributed by atoms with Gasteiger partial charge in [0.25, 0.3) is 0 Å². The number of fused-ring (bicyclic) bond motifs is 1. The van der Waals surface area contributed by atoms with Crippen molar-refractivity contribution in [2.75, 3.05) is 0 Å². The lowest BCUT2D eigenvalue weighted by molar-refractivity contribution is 1.36. The number of rotatable bonds is 3. The van der Waals surface area contributed by atoms with Crippen molar-refractivity contribution in [3.8, 4) is 0 Å². The average molecular weight is 233 g/mol. The van der Waals surface area contributed by atoms with Crippen molar-refractivity contribution in [3.05, 3.63) is 65.2 Å². The Kier molecular flexibility index (Phi) is 3.01. The highest BCUT2D eigenvalue weighted by Gasteiger charge is 2.14. The molecular weight excluding hydrogens is 217 g/mol. The molecule has 2 aromatic carbocycles. The minimum absolute atomic E-state index is 0.962. The number of para-hydroxylation sites is 1. The molecule has 0 saturated heterocycles. The normalized spacial score (nSPS) is 13.1. The van der Waals surface area contributed by atoms with Crippen molar-refractivity contribution in [1.82, 2.24) is 0 Å². The zero-order valence-electron chi connectivity index (χ0n) is 10.7. The summed E-state index contributed by atoms with van der Waals surface area (Å²) in [7, 11) is 1.20. The monoisotopic (exact) mass is 233 g/mol. The quantitative estimate of drug-likeness (QED) is 0.721. The first-order valence-corrected chi connectivity index (χ1v) is 6.61. The van der Waals surface area contributed by atoms with Crippen LogP contribution in [0.25, 0.3) is 0 Å². The van der Waals surface area contributed by atoms with Crippen LogP contribution in [0.15, 0.2) is 53.5 Å². The first kappa shape index (κ1) is 11.3. The Labute approximate surface area is 109 Å². The Morgan fingerprint density at radius 1 is 1.06 bits per heavy atom. The van der Waals surface area contributed by atoms with Gasteiger partial charge < -0.3 is 0 Å². The van der Waals surface area contributed by atoms with Gasteiger partial charge in [-0.2, -0.15) is 0 Å². The van der Waals surface area contributed by atoms with Crippen molar-refractivity contribution in [2.24, 2.45) is 4.99 Å². The second-order valence-corrected chi connectivity index (χ2v) is 4.81. The molecule has 0 bridgehead atoms. The highest BCUT2D eigenvalue weighted by molar-refractivity contribution is 6.32. The molecule has 0 saturated carbocycles.